The van der Waals surface area contributed by atoms with Gasteiger partial charge in [0.25, 0.3) is 5.91 Å². The Hall–Kier alpha value is -2.63. The van der Waals surface area contributed by atoms with Gasteiger partial charge in [0.15, 0.2) is 0 Å². The molecule has 0 spiro atoms. The number of aromatic nitrogens is 2. The number of aliphatic carboxylic acids is 1. The Kier molecular flexibility index (Phi) is 4.05. The van der Waals surface area contributed by atoms with Gasteiger partial charge in [-0.05, 0) is 50.2 Å². The summed E-state index contributed by atoms with van der Waals surface area (Å²) < 4.78 is 1.76. The molecule has 1 N–H and O–H groups in total. The molecule has 3 atom stereocenters. The third-order valence-electron chi connectivity index (χ3n) is 5.99. The Labute approximate surface area is 152 Å². The largest absolute Gasteiger partial charge is 0.480 e. The number of carbonyl (C=O) groups is 2. The molecule has 1 saturated heterocycles. The van der Waals surface area contributed by atoms with E-state index in [2.05, 4.69) is 5.10 Å². The van der Waals surface area contributed by atoms with Gasteiger partial charge in [0.05, 0.1) is 23.1 Å². The molecule has 1 amide bonds. The van der Waals surface area contributed by atoms with Crippen LogP contribution in [0.3, 0.4) is 0 Å². The van der Waals surface area contributed by atoms with Gasteiger partial charge < -0.3 is 10.0 Å². The Balaban J connectivity index is 1.67. The average molecular weight is 353 g/mol. The van der Waals surface area contributed by atoms with E-state index < -0.39 is 12.0 Å². The minimum atomic E-state index is -0.892. The number of para-hydroxylation sites is 1. The lowest BCUT2D eigenvalue weighted by molar-refractivity contribution is -0.142. The number of likely N-dealkylation sites (tertiary alicyclic amines) is 1. The monoisotopic (exact) mass is 353 g/mol. The molecule has 0 radical (unpaired) electrons. The topological polar surface area (TPSA) is 75.4 Å². The normalized spacial score (nSPS) is 24.7. The second kappa shape index (κ2) is 6.27. The first-order chi connectivity index (χ1) is 12.5. The molecule has 2 aliphatic rings. The van der Waals surface area contributed by atoms with E-state index >= 15 is 0 Å². The molecule has 1 aliphatic heterocycles. The summed E-state index contributed by atoms with van der Waals surface area (Å²) in [6.45, 7) is 4.40. The first-order valence-corrected chi connectivity index (χ1v) is 9.13. The van der Waals surface area contributed by atoms with Crippen LogP contribution in [0.25, 0.3) is 5.69 Å². The van der Waals surface area contributed by atoms with Crippen molar-refractivity contribution in [3.63, 3.8) is 0 Å². The Morgan fingerprint density at radius 3 is 2.69 bits per heavy atom. The number of fused-ring (bicyclic) bond motifs is 1. The number of carboxylic acid groups (broad SMARTS) is 1. The van der Waals surface area contributed by atoms with Gasteiger partial charge in [-0.15, -0.1) is 0 Å². The van der Waals surface area contributed by atoms with Crippen molar-refractivity contribution >= 4 is 11.9 Å². The first-order valence-electron chi connectivity index (χ1n) is 9.13. The predicted molar refractivity (Wildman–Crippen MR) is 96.3 cm³/mol. The second-order valence-electron chi connectivity index (χ2n) is 7.44. The van der Waals surface area contributed by atoms with Gasteiger partial charge >= 0.3 is 5.97 Å². The molecule has 4 rings (SSSR count). The van der Waals surface area contributed by atoms with Gasteiger partial charge in [0.2, 0.25) is 0 Å². The summed E-state index contributed by atoms with van der Waals surface area (Å²) in [7, 11) is 0. The third kappa shape index (κ3) is 2.52. The Morgan fingerprint density at radius 2 is 1.96 bits per heavy atom. The SMILES string of the molecule is Cc1ccccc1-n1ncc(C(=O)N2CC3CCCC3C2C(=O)O)c1C. The van der Waals surface area contributed by atoms with Crippen LogP contribution in [0.15, 0.2) is 30.5 Å². The molecule has 6 nitrogen and oxygen atoms in total. The number of amides is 1. The minimum Gasteiger partial charge on any atom is -0.480 e. The summed E-state index contributed by atoms with van der Waals surface area (Å²) in [5.74, 6) is -0.712. The molecular formula is C20H23N3O3. The van der Waals surface area contributed by atoms with Crippen LogP contribution in [0.4, 0.5) is 0 Å². The number of benzene rings is 1. The lowest BCUT2D eigenvalue weighted by Gasteiger charge is -2.24. The maximum absolute atomic E-state index is 13.2. The van der Waals surface area contributed by atoms with Crippen molar-refractivity contribution < 1.29 is 14.7 Å². The van der Waals surface area contributed by atoms with E-state index in [1.165, 1.54) is 0 Å². The maximum Gasteiger partial charge on any atom is 0.326 e. The number of rotatable bonds is 3. The fourth-order valence-corrected chi connectivity index (χ4v) is 4.65. The number of nitrogens with zero attached hydrogens (tertiary/aromatic N) is 3. The van der Waals surface area contributed by atoms with E-state index in [0.29, 0.717) is 18.0 Å². The molecule has 1 aromatic heterocycles. The highest BCUT2D eigenvalue weighted by Crippen LogP contribution is 2.42. The zero-order valence-electron chi connectivity index (χ0n) is 15.1. The fraction of sp³-hybridized carbons (Fsp3) is 0.450. The van der Waals surface area contributed by atoms with Crippen LogP contribution in [-0.4, -0.2) is 44.3 Å². The van der Waals surface area contributed by atoms with Crippen LogP contribution in [0.2, 0.25) is 0 Å². The van der Waals surface area contributed by atoms with Crippen molar-refractivity contribution in [3.05, 3.63) is 47.3 Å². The van der Waals surface area contributed by atoms with Crippen LogP contribution in [0, 0.1) is 25.7 Å². The number of hydrogen-bond donors (Lipinski definition) is 1. The van der Waals surface area contributed by atoms with E-state index in [-0.39, 0.29) is 11.8 Å². The van der Waals surface area contributed by atoms with Gasteiger partial charge in [0, 0.05) is 6.54 Å². The molecule has 2 fully saturated rings. The van der Waals surface area contributed by atoms with Crippen molar-refractivity contribution in [2.24, 2.45) is 11.8 Å². The van der Waals surface area contributed by atoms with Crippen LogP contribution < -0.4 is 0 Å². The fourth-order valence-electron chi connectivity index (χ4n) is 4.65. The van der Waals surface area contributed by atoms with Crippen LogP contribution >= 0.6 is 0 Å². The molecule has 1 aromatic carbocycles. The molecule has 1 aliphatic carbocycles. The van der Waals surface area contributed by atoms with Crippen molar-refractivity contribution in [1.82, 2.24) is 14.7 Å². The highest BCUT2D eigenvalue weighted by molar-refractivity contribution is 5.98. The molecule has 3 unspecified atom stereocenters. The summed E-state index contributed by atoms with van der Waals surface area (Å²) in [6, 6.07) is 7.15. The first kappa shape index (κ1) is 16.8. The van der Waals surface area contributed by atoms with E-state index in [0.717, 1.165) is 36.2 Å². The van der Waals surface area contributed by atoms with Crippen molar-refractivity contribution in [3.8, 4) is 5.69 Å². The van der Waals surface area contributed by atoms with Gasteiger partial charge in [-0.1, -0.05) is 24.6 Å². The van der Waals surface area contributed by atoms with Crippen LogP contribution in [0.1, 0.15) is 40.9 Å². The van der Waals surface area contributed by atoms with E-state index in [1.807, 2.05) is 38.1 Å². The molecule has 2 heterocycles. The lowest BCUT2D eigenvalue weighted by Crippen LogP contribution is -2.43. The maximum atomic E-state index is 13.2. The highest BCUT2D eigenvalue weighted by atomic mass is 16.4. The number of hydrogen-bond acceptors (Lipinski definition) is 3. The van der Waals surface area contributed by atoms with Gasteiger partial charge in [-0.3, -0.25) is 4.79 Å². The number of carbonyl (C=O) groups excluding carboxylic acids is 1. The van der Waals surface area contributed by atoms with Gasteiger partial charge in [-0.25, -0.2) is 9.48 Å². The smallest absolute Gasteiger partial charge is 0.326 e. The zero-order chi connectivity index (χ0) is 18.4. The van der Waals surface area contributed by atoms with Crippen LogP contribution in [0.5, 0.6) is 0 Å². The van der Waals surface area contributed by atoms with E-state index in [4.69, 9.17) is 0 Å². The lowest BCUT2D eigenvalue weighted by atomic mass is 9.94. The summed E-state index contributed by atoms with van der Waals surface area (Å²) in [6.07, 6.45) is 4.54. The molecule has 2 aromatic rings. The Bertz CT molecular complexity index is 873. The zero-order valence-corrected chi connectivity index (χ0v) is 15.1. The van der Waals surface area contributed by atoms with Crippen molar-refractivity contribution in [2.45, 2.75) is 39.2 Å². The summed E-state index contributed by atoms with van der Waals surface area (Å²) in [4.78, 5) is 26.5. The van der Waals surface area contributed by atoms with Gasteiger partial charge in [-0.2, -0.15) is 5.10 Å². The molecule has 6 heteroatoms. The predicted octanol–water partition coefficient (Wildman–Crippen LogP) is 2.81. The highest BCUT2D eigenvalue weighted by Gasteiger charge is 2.49. The summed E-state index contributed by atoms with van der Waals surface area (Å²) in [5, 5.41) is 14.1. The van der Waals surface area contributed by atoms with Crippen molar-refractivity contribution in [1.29, 1.82) is 0 Å². The quantitative estimate of drug-likeness (QED) is 0.921. The second-order valence-corrected chi connectivity index (χ2v) is 7.44. The molecule has 1 saturated carbocycles. The number of carboxylic acids is 1. The average Bonchev–Trinajstić information content (AvgIpc) is 3.28. The number of aryl methyl sites for hydroxylation is 1. The molecular weight excluding hydrogens is 330 g/mol. The Morgan fingerprint density at radius 1 is 1.19 bits per heavy atom. The van der Waals surface area contributed by atoms with E-state index in [9.17, 15) is 14.7 Å². The molecule has 136 valence electrons. The minimum absolute atomic E-state index is 0.0863. The summed E-state index contributed by atoms with van der Waals surface area (Å²) in [5.41, 5.74) is 3.22. The third-order valence-corrected chi connectivity index (χ3v) is 5.99. The van der Waals surface area contributed by atoms with Crippen molar-refractivity contribution in [2.75, 3.05) is 6.54 Å². The standard InChI is InChI=1S/C20H23N3O3/c1-12-6-3-4-9-17(12)23-13(2)16(10-21-23)19(24)22-11-14-7-5-8-15(14)18(22)20(25)26/h3-4,6,9-10,14-15,18H,5,7-8,11H2,1-2H3,(H,25,26). The molecule has 26 heavy (non-hydrogen) atoms. The van der Waals surface area contributed by atoms with E-state index in [1.54, 1.807) is 15.8 Å². The molecule has 0 bridgehead atoms. The van der Waals surface area contributed by atoms with Gasteiger partial charge in [0.1, 0.15) is 6.04 Å². The summed E-state index contributed by atoms with van der Waals surface area (Å²) >= 11 is 0. The van der Waals surface area contributed by atoms with Crippen LogP contribution in [-0.2, 0) is 4.79 Å².